The molecule has 1 atom stereocenters. The SMILES string of the molecule is CCOC(=O)C(C#N)=NOC(=O)[C@H]1CCCN1C(=O)OCc1ccccc1. The van der Waals surface area contributed by atoms with E-state index in [9.17, 15) is 14.4 Å². The maximum atomic E-state index is 12.3. The number of hydrogen-bond donors (Lipinski definition) is 0. The number of carbonyl (C=O) groups excluding carboxylic acids is 3. The van der Waals surface area contributed by atoms with Gasteiger partial charge >= 0.3 is 18.0 Å². The van der Waals surface area contributed by atoms with Crippen molar-refractivity contribution in [3.05, 3.63) is 35.9 Å². The molecule has 9 heteroatoms. The van der Waals surface area contributed by atoms with Crippen LogP contribution in [-0.2, 0) is 30.5 Å². The zero-order valence-electron chi connectivity index (χ0n) is 14.8. The van der Waals surface area contributed by atoms with Crippen LogP contribution in [0.2, 0.25) is 0 Å². The Hall–Kier alpha value is -3.41. The van der Waals surface area contributed by atoms with Gasteiger partial charge in [-0.2, -0.15) is 5.26 Å². The van der Waals surface area contributed by atoms with Crippen LogP contribution in [0.5, 0.6) is 0 Å². The van der Waals surface area contributed by atoms with Crippen molar-refractivity contribution in [1.29, 1.82) is 5.26 Å². The highest BCUT2D eigenvalue weighted by Gasteiger charge is 2.37. The molecule has 0 unspecified atom stereocenters. The van der Waals surface area contributed by atoms with Crippen molar-refractivity contribution in [3.63, 3.8) is 0 Å². The van der Waals surface area contributed by atoms with Crippen LogP contribution in [0.3, 0.4) is 0 Å². The summed E-state index contributed by atoms with van der Waals surface area (Å²) in [6.07, 6.45) is 0.316. The van der Waals surface area contributed by atoms with Crippen molar-refractivity contribution < 1.29 is 28.7 Å². The Morgan fingerprint density at radius 1 is 1.26 bits per heavy atom. The van der Waals surface area contributed by atoms with E-state index in [1.165, 1.54) is 11.0 Å². The zero-order chi connectivity index (χ0) is 19.6. The van der Waals surface area contributed by atoms with Gasteiger partial charge in [0.05, 0.1) is 6.61 Å². The maximum absolute atomic E-state index is 12.3. The first-order chi connectivity index (χ1) is 13.1. The van der Waals surface area contributed by atoms with Gasteiger partial charge in [-0.3, -0.25) is 4.90 Å². The molecular formula is C18H19N3O6. The Balaban J connectivity index is 1.94. The predicted octanol–water partition coefficient (Wildman–Crippen LogP) is 1.77. The molecule has 142 valence electrons. The Morgan fingerprint density at radius 2 is 2.00 bits per heavy atom. The summed E-state index contributed by atoms with van der Waals surface area (Å²) in [5.74, 6) is -1.83. The molecule has 1 heterocycles. The van der Waals surface area contributed by atoms with Gasteiger partial charge in [-0.15, -0.1) is 0 Å². The summed E-state index contributed by atoms with van der Waals surface area (Å²) in [6.45, 7) is 2.03. The number of oxime groups is 1. The molecule has 0 aliphatic carbocycles. The molecule has 1 aliphatic heterocycles. The molecule has 0 bridgehead atoms. The summed E-state index contributed by atoms with van der Waals surface area (Å²) >= 11 is 0. The lowest BCUT2D eigenvalue weighted by atomic mass is 10.2. The topological polar surface area (TPSA) is 118 Å². The smallest absolute Gasteiger partial charge is 0.410 e. The molecule has 0 radical (unpaired) electrons. The Labute approximate surface area is 156 Å². The minimum Gasteiger partial charge on any atom is -0.461 e. The zero-order valence-corrected chi connectivity index (χ0v) is 14.8. The van der Waals surface area contributed by atoms with Crippen molar-refractivity contribution in [1.82, 2.24) is 4.90 Å². The Morgan fingerprint density at radius 3 is 2.67 bits per heavy atom. The van der Waals surface area contributed by atoms with Crippen molar-refractivity contribution in [2.24, 2.45) is 5.16 Å². The van der Waals surface area contributed by atoms with E-state index in [1.54, 1.807) is 6.92 Å². The Kier molecular flexibility index (Phi) is 7.31. The van der Waals surface area contributed by atoms with Crippen molar-refractivity contribution >= 4 is 23.7 Å². The summed E-state index contributed by atoms with van der Waals surface area (Å²) in [7, 11) is 0. The van der Waals surface area contributed by atoms with E-state index in [2.05, 4.69) is 14.7 Å². The van der Waals surface area contributed by atoms with E-state index in [-0.39, 0.29) is 13.2 Å². The highest BCUT2D eigenvalue weighted by Crippen LogP contribution is 2.20. The number of nitrogens with zero attached hydrogens (tertiary/aromatic N) is 3. The van der Waals surface area contributed by atoms with Crippen LogP contribution in [0, 0.1) is 11.3 Å². The van der Waals surface area contributed by atoms with Gasteiger partial charge in [0.1, 0.15) is 18.7 Å². The van der Waals surface area contributed by atoms with Crippen LogP contribution in [0.25, 0.3) is 0 Å². The largest absolute Gasteiger partial charge is 0.461 e. The second-order valence-electron chi connectivity index (χ2n) is 5.57. The number of esters is 1. The first-order valence-electron chi connectivity index (χ1n) is 8.40. The highest BCUT2D eigenvalue weighted by molar-refractivity contribution is 6.42. The lowest BCUT2D eigenvalue weighted by molar-refractivity contribution is -0.148. The van der Waals surface area contributed by atoms with Gasteiger partial charge < -0.3 is 14.3 Å². The van der Waals surface area contributed by atoms with E-state index >= 15 is 0 Å². The van der Waals surface area contributed by atoms with Gasteiger partial charge in [0.25, 0.3) is 5.71 Å². The highest BCUT2D eigenvalue weighted by atomic mass is 16.7. The molecule has 1 aromatic carbocycles. The summed E-state index contributed by atoms with van der Waals surface area (Å²) in [6, 6.07) is 9.75. The fraction of sp³-hybridized carbons (Fsp3) is 0.389. The third-order valence-corrected chi connectivity index (χ3v) is 3.77. The predicted molar refractivity (Wildman–Crippen MR) is 92.1 cm³/mol. The van der Waals surface area contributed by atoms with E-state index in [4.69, 9.17) is 10.00 Å². The quantitative estimate of drug-likeness (QED) is 0.323. The van der Waals surface area contributed by atoms with E-state index in [0.717, 1.165) is 5.56 Å². The van der Waals surface area contributed by atoms with Crippen LogP contribution in [0.15, 0.2) is 35.5 Å². The van der Waals surface area contributed by atoms with Gasteiger partial charge in [0, 0.05) is 6.54 Å². The number of likely N-dealkylation sites (tertiary alicyclic amines) is 1. The fourth-order valence-corrected chi connectivity index (χ4v) is 2.49. The van der Waals surface area contributed by atoms with Crippen LogP contribution < -0.4 is 0 Å². The monoisotopic (exact) mass is 373 g/mol. The molecule has 0 N–H and O–H groups in total. The molecule has 1 fully saturated rings. The number of carbonyl (C=O) groups is 3. The number of rotatable bonds is 6. The molecule has 27 heavy (non-hydrogen) atoms. The maximum Gasteiger partial charge on any atom is 0.410 e. The number of nitriles is 1. The van der Waals surface area contributed by atoms with Crippen LogP contribution in [0.4, 0.5) is 4.79 Å². The molecule has 0 aromatic heterocycles. The molecular weight excluding hydrogens is 354 g/mol. The molecule has 1 aliphatic rings. The van der Waals surface area contributed by atoms with Gasteiger partial charge in [0.15, 0.2) is 0 Å². The van der Waals surface area contributed by atoms with Crippen LogP contribution in [-0.4, -0.2) is 47.8 Å². The third kappa shape index (κ3) is 5.54. The summed E-state index contributed by atoms with van der Waals surface area (Å²) in [5.41, 5.74) is 0.142. The van der Waals surface area contributed by atoms with Crippen LogP contribution in [0.1, 0.15) is 25.3 Å². The molecule has 1 amide bonds. The van der Waals surface area contributed by atoms with Gasteiger partial charge in [-0.05, 0) is 25.3 Å². The van der Waals surface area contributed by atoms with Gasteiger partial charge in [-0.25, -0.2) is 14.4 Å². The molecule has 0 spiro atoms. The fourth-order valence-electron chi connectivity index (χ4n) is 2.49. The van der Waals surface area contributed by atoms with E-state index in [1.807, 2.05) is 30.3 Å². The number of benzene rings is 1. The second-order valence-corrected chi connectivity index (χ2v) is 5.57. The average molecular weight is 373 g/mol. The van der Waals surface area contributed by atoms with Gasteiger partial charge in [0.2, 0.25) is 0 Å². The second kappa shape index (κ2) is 9.91. The molecule has 9 nitrogen and oxygen atoms in total. The molecule has 0 saturated carbocycles. The van der Waals surface area contributed by atoms with Crippen molar-refractivity contribution in [2.45, 2.75) is 32.4 Å². The summed E-state index contributed by atoms with van der Waals surface area (Å²) in [5, 5.41) is 12.1. The lowest BCUT2D eigenvalue weighted by Crippen LogP contribution is -2.41. The first kappa shape index (κ1) is 19.9. The average Bonchev–Trinajstić information content (AvgIpc) is 3.17. The first-order valence-corrected chi connectivity index (χ1v) is 8.40. The van der Waals surface area contributed by atoms with Crippen LogP contribution >= 0.6 is 0 Å². The van der Waals surface area contributed by atoms with Crippen molar-refractivity contribution in [3.8, 4) is 6.07 Å². The number of ether oxygens (including phenoxy) is 2. The Bertz CT molecular complexity index is 756. The number of hydrogen-bond acceptors (Lipinski definition) is 8. The van der Waals surface area contributed by atoms with E-state index in [0.29, 0.717) is 19.4 Å². The third-order valence-electron chi connectivity index (χ3n) is 3.77. The lowest BCUT2D eigenvalue weighted by Gasteiger charge is -2.21. The molecule has 1 saturated heterocycles. The molecule has 2 rings (SSSR count). The van der Waals surface area contributed by atoms with Gasteiger partial charge in [-0.1, -0.05) is 35.5 Å². The van der Waals surface area contributed by atoms with Crippen molar-refractivity contribution in [2.75, 3.05) is 13.2 Å². The molecule has 1 aromatic rings. The van der Waals surface area contributed by atoms with E-state index < -0.39 is 29.8 Å². The summed E-state index contributed by atoms with van der Waals surface area (Å²) < 4.78 is 9.84. The standard InChI is InChI=1S/C18H19N3O6/c1-2-25-16(22)14(11-19)20-27-17(23)15-9-6-10-21(15)18(24)26-12-13-7-4-3-5-8-13/h3-5,7-8,15H,2,6,9-10,12H2,1H3/t15-/m1/s1. The normalized spacial score (nSPS) is 16.4. The minimum absolute atomic E-state index is 0.0527. The summed E-state index contributed by atoms with van der Waals surface area (Å²) in [4.78, 5) is 41.8. The minimum atomic E-state index is -0.988. The number of amides is 1.